The number of nitriles is 2. The molecule has 0 saturated heterocycles. The van der Waals surface area contributed by atoms with E-state index in [9.17, 15) is 0 Å². The van der Waals surface area contributed by atoms with Crippen LogP contribution in [-0.2, 0) is 0 Å². The van der Waals surface area contributed by atoms with Crippen LogP contribution in [0.2, 0.25) is 0 Å². The second-order valence-electron chi connectivity index (χ2n) is 2.50. The average molecular weight is 185 g/mol. The number of rotatable bonds is 0. The molecule has 1 aromatic rings. The first kappa shape index (κ1) is 11.4. The quantitative estimate of drug-likeness (QED) is 0.482. The molecule has 0 saturated carbocycles. The second kappa shape index (κ2) is 5.13. The molecule has 0 bridgehead atoms. The van der Waals surface area contributed by atoms with Crippen molar-refractivity contribution in [2.24, 2.45) is 0 Å². The van der Waals surface area contributed by atoms with Crippen molar-refractivity contribution in [1.29, 1.82) is 21.3 Å². The molecule has 1 rings (SSSR count). The summed E-state index contributed by atoms with van der Waals surface area (Å²) in [7, 11) is 0. The van der Waals surface area contributed by atoms with Crippen LogP contribution in [0.25, 0.3) is 0 Å². The third-order valence-corrected chi connectivity index (χ3v) is 1.57. The van der Waals surface area contributed by atoms with Crippen LogP contribution < -0.4 is 5.73 Å². The molecule has 68 valence electrons. The minimum atomic E-state index is 0.269. The van der Waals surface area contributed by atoms with Gasteiger partial charge in [-0.05, 0) is 24.6 Å². The summed E-state index contributed by atoms with van der Waals surface area (Å²) in [4.78, 5) is 0. The predicted octanol–water partition coefficient (Wildman–Crippen LogP) is 1.35. The first-order valence-electron chi connectivity index (χ1n) is 3.59. The predicted molar refractivity (Wildman–Crippen MR) is 48.5 cm³/mol. The van der Waals surface area contributed by atoms with Gasteiger partial charge in [0.2, 0.25) is 0 Å². The van der Waals surface area contributed by atoms with E-state index in [-0.39, 0.29) is 5.69 Å². The maximum atomic E-state index is 8.62. The summed E-state index contributed by atoms with van der Waals surface area (Å²) in [5.41, 5.74) is 7.40. The summed E-state index contributed by atoms with van der Waals surface area (Å²) in [6.45, 7) is 1.82. The Morgan fingerprint density at radius 3 is 1.71 bits per heavy atom. The second-order valence-corrected chi connectivity index (χ2v) is 2.50. The summed E-state index contributed by atoms with van der Waals surface area (Å²) in [5.74, 6) is 0. The normalized spacial score (nSPS) is 7.50. The van der Waals surface area contributed by atoms with Crippen molar-refractivity contribution in [2.45, 2.75) is 6.92 Å². The molecule has 2 N–H and O–H groups in total. The van der Waals surface area contributed by atoms with Gasteiger partial charge in [0.05, 0.1) is 16.8 Å². The van der Waals surface area contributed by atoms with Crippen LogP contribution in [0.4, 0.5) is 5.69 Å². The molecule has 5 heteroatoms. The molecular formula is C9H7N5. The van der Waals surface area contributed by atoms with Crippen molar-refractivity contribution in [1.82, 2.24) is 0 Å². The number of aryl methyl sites for hydroxylation is 1. The Hall–Kier alpha value is -2.58. The number of hydrogen-bond acceptors (Lipinski definition) is 5. The van der Waals surface area contributed by atoms with E-state index in [0.717, 1.165) is 5.56 Å². The van der Waals surface area contributed by atoms with Crippen molar-refractivity contribution in [3.8, 4) is 12.1 Å². The summed E-state index contributed by atoms with van der Waals surface area (Å²) in [6.07, 6.45) is 0. The van der Waals surface area contributed by atoms with Crippen molar-refractivity contribution in [2.75, 3.05) is 5.73 Å². The van der Waals surface area contributed by atoms with Crippen LogP contribution in [0.15, 0.2) is 12.1 Å². The maximum absolute atomic E-state index is 8.62. The molecule has 5 nitrogen and oxygen atoms in total. The van der Waals surface area contributed by atoms with Gasteiger partial charge in [-0.25, -0.2) is 0 Å². The summed E-state index contributed by atoms with van der Waals surface area (Å²) in [5, 5.41) is 29.2. The van der Waals surface area contributed by atoms with Crippen LogP contribution in [0.5, 0.6) is 0 Å². The average Bonchev–Trinajstić information content (AvgIpc) is 2.23. The number of benzene rings is 1. The topological polar surface area (TPSA) is 121 Å². The summed E-state index contributed by atoms with van der Waals surface area (Å²) < 4.78 is 0. The van der Waals surface area contributed by atoms with Gasteiger partial charge >= 0.3 is 0 Å². The standard InChI is InChI=1S/C9H7N3.N2/c1-6-2-7(4-10)9(12)8(3-6)5-11;1-2/h2-3H,12H2,1H3;. The van der Waals surface area contributed by atoms with E-state index >= 15 is 0 Å². The van der Waals surface area contributed by atoms with Gasteiger partial charge in [0, 0.05) is 10.8 Å². The van der Waals surface area contributed by atoms with E-state index in [2.05, 4.69) is 0 Å². The van der Waals surface area contributed by atoms with E-state index < -0.39 is 0 Å². The third-order valence-electron chi connectivity index (χ3n) is 1.57. The van der Waals surface area contributed by atoms with Gasteiger partial charge in [0.25, 0.3) is 0 Å². The van der Waals surface area contributed by atoms with E-state index in [1.54, 1.807) is 12.1 Å². The molecule has 0 aliphatic carbocycles. The molecule has 0 radical (unpaired) electrons. The fourth-order valence-electron chi connectivity index (χ4n) is 0.983. The van der Waals surface area contributed by atoms with Crippen LogP contribution in [0.1, 0.15) is 16.7 Å². The smallest absolute Gasteiger partial charge is 0.101 e. The Bertz CT molecular complexity index is 398. The van der Waals surface area contributed by atoms with Crippen LogP contribution in [-0.4, -0.2) is 0 Å². The monoisotopic (exact) mass is 185 g/mol. The third kappa shape index (κ3) is 2.20. The highest BCUT2D eigenvalue weighted by atomic mass is 14.6. The van der Waals surface area contributed by atoms with Gasteiger partial charge in [-0.15, -0.1) is 0 Å². The van der Waals surface area contributed by atoms with Crippen molar-refractivity contribution >= 4 is 5.69 Å². The molecule has 0 heterocycles. The fourth-order valence-corrected chi connectivity index (χ4v) is 0.983. The molecule has 1 aromatic carbocycles. The van der Waals surface area contributed by atoms with E-state index in [4.69, 9.17) is 27.0 Å². The zero-order valence-electron chi connectivity index (χ0n) is 7.52. The highest BCUT2D eigenvalue weighted by Gasteiger charge is 2.04. The van der Waals surface area contributed by atoms with Gasteiger partial charge in [-0.1, -0.05) is 0 Å². The van der Waals surface area contributed by atoms with E-state index in [1.807, 2.05) is 19.1 Å². The number of nitrogens with zero attached hydrogens (tertiary/aromatic N) is 4. The first-order chi connectivity index (χ1) is 6.69. The van der Waals surface area contributed by atoms with Crippen LogP contribution >= 0.6 is 0 Å². The highest BCUT2D eigenvalue weighted by Crippen LogP contribution is 2.17. The highest BCUT2D eigenvalue weighted by molar-refractivity contribution is 5.64. The van der Waals surface area contributed by atoms with Gasteiger partial charge in [0.15, 0.2) is 0 Å². The maximum Gasteiger partial charge on any atom is 0.101 e. The fraction of sp³-hybridized carbons (Fsp3) is 0.111. The minimum Gasteiger partial charge on any atom is -0.397 e. The van der Waals surface area contributed by atoms with Crippen molar-refractivity contribution in [3.05, 3.63) is 28.8 Å². The molecule has 14 heavy (non-hydrogen) atoms. The van der Waals surface area contributed by atoms with Gasteiger partial charge in [-0.2, -0.15) is 10.5 Å². The van der Waals surface area contributed by atoms with Gasteiger partial charge < -0.3 is 5.73 Å². The lowest BCUT2D eigenvalue weighted by Crippen LogP contribution is -1.95. The number of hydrogen-bond donors (Lipinski definition) is 1. The molecule has 0 atom stereocenters. The lowest BCUT2D eigenvalue weighted by Gasteiger charge is -2.00. The van der Waals surface area contributed by atoms with Crippen molar-refractivity contribution in [3.63, 3.8) is 0 Å². The molecule has 0 aliphatic heterocycles. The Labute approximate surface area is 81.4 Å². The summed E-state index contributed by atoms with van der Waals surface area (Å²) in [6, 6.07) is 7.20. The van der Waals surface area contributed by atoms with Crippen molar-refractivity contribution < 1.29 is 0 Å². The molecule has 0 amide bonds. The Balaban J connectivity index is 0.000000791. The van der Waals surface area contributed by atoms with Crippen LogP contribution in [0.3, 0.4) is 0 Å². The number of nitrogens with two attached hydrogens (primary N) is 1. The Kier molecular flexibility index (Phi) is 4.19. The molecule has 0 unspecified atom stereocenters. The van der Waals surface area contributed by atoms with E-state index in [1.165, 1.54) is 0 Å². The van der Waals surface area contributed by atoms with E-state index in [0.29, 0.717) is 11.1 Å². The largest absolute Gasteiger partial charge is 0.397 e. The van der Waals surface area contributed by atoms with Crippen LogP contribution in [0, 0.1) is 40.4 Å². The van der Waals surface area contributed by atoms with Gasteiger partial charge in [-0.3, -0.25) is 0 Å². The minimum absolute atomic E-state index is 0.269. The molecule has 0 aliphatic rings. The molecule has 0 aromatic heterocycles. The zero-order valence-corrected chi connectivity index (χ0v) is 7.52. The molecule has 0 fully saturated rings. The number of nitrogen functional groups attached to an aromatic ring is 1. The lowest BCUT2D eigenvalue weighted by atomic mass is 10.1. The lowest BCUT2D eigenvalue weighted by molar-refractivity contribution is 1.15. The summed E-state index contributed by atoms with van der Waals surface area (Å²) >= 11 is 0. The van der Waals surface area contributed by atoms with Gasteiger partial charge in [0.1, 0.15) is 12.1 Å². The Morgan fingerprint density at radius 1 is 1.07 bits per heavy atom. The molecule has 0 spiro atoms. The first-order valence-corrected chi connectivity index (χ1v) is 3.59. The zero-order chi connectivity index (χ0) is 11.1. The molecular weight excluding hydrogens is 178 g/mol. The SMILES string of the molecule is Cc1cc(C#N)c(N)c(C#N)c1.N#N. The Morgan fingerprint density at radius 2 is 1.43 bits per heavy atom. The number of anilines is 1.